The number of amides is 1. The average Bonchev–Trinajstić information content (AvgIpc) is 3.14. The molecule has 0 saturated heterocycles. The summed E-state index contributed by atoms with van der Waals surface area (Å²) in [4.78, 5) is 13.0. The van der Waals surface area contributed by atoms with Crippen molar-refractivity contribution in [1.82, 2.24) is 15.1 Å². The molecule has 0 saturated carbocycles. The Morgan fingerprint density at radius 1 is 1.27 bits per heavy atom. The zero-order valence-electron chi connectivity index (χ0n) is 11.3. The molecule has 0 radical (unpaired) electrons. The van der Waals surface area contributed by atoms with Gasteiger partial charge in [-0.2, -0.15) is 5.10 Å². The van der Waals surface area contributed by atoms with Crippen LogP contribution < -0.4 is 5.32 Å². The fourth-order valence-corrected chi connectivity index (χ4v) is 2.95. The van der Waals surface area contributed by atoms with Gasteiger partial charge < -0.3 is 5.32 Å². The van der Waals surface area contributed by atoms with E-state index in [1.54, 1.807) is 36.5 Å². The minimum atomic E-state index is -0.397. The number of nitrogens with one attached hydrogen (secondary N) is 1. The van der Waals surface area contributed by atoms with Crippen molar-refractivity contribution in [3.8, 4) is 5.69 Å². The zero-order valence-corrected chi connectivity index (χ0v) is 12.9. The molecule has 1 aromatic carbocycles. The van der Waals surface area contributed by atoms with E-state index in [4.69, 9.17) is 11.6 Å². The summed E-state index contributed by atoms with van der Waals surface area (Å²) in [6.07, 6.45) is 1.55. The molecular formula is C15H11ClFN3OS. The van der Waals surface area contributed by atoms with Gasteiger partial charge in [-0.3, -0.25) is 4.79 Å². The van der Waals surface area contributed by atoms with Crippen molar-refractivity contribution in [3.63, 3.8) is 0 Å². The van der Waals surface area contributed by atoms with Gasteiger partial charge in [0.15, 0.2) is 5.69 Å². The second-order valence-corrected chi connectivity index (χ2v) is 6.29. The van der Waals surface area contributed by atoms with Crippen LogP contribution in [0.2, 0.25) is 4.34 Å². The molecule has 2 aromatic heterocycles. The Morgan fingerprint density at radius 2 is 2.09 bits per heavy atom. The van der Waals surface area contributed by atoms with Crippen molar-refractivity contribution in [1.29, 1.82) is 0 Å². The predicted octanol–water partition coefficient (Wildman–Crippen LogP) is 3.66. The van der Waals surface area contributed by atoms with Crippen LogP contribution in [0.1, 0.15) is 15.4 Å². The van der Waals surface area contributed by atoms with E-state index in [1.165, 1.54) is 22.1 Å². The highest BCUT2D eigenvalue weighted by atomic mass is 35.5. The molecule has 0 bridgehead atoms. The maximum atomic E-state index is 13.7. The number of carbonyl (C=O) groups is 1. The van der Waals surface area contributed by atoms with Gasteiger partial charge in [-0.1, -0.05) is 23.7 Å². The molecule has 0 fully saturated rings. The van der Waals surface area contributed by atoms with E-state index in [1.807, 2.05) is 6.07 Å². The third kappa shape index (κ3) is 3.18. The van der Waals surface area contributed by atoms with Gasteiger partial charge in [0.05, 0.1) is 10.9 Å². The van der Waals surface area contributed by atoms with Crippen LogP contribution >= 0.6 is 22.9 Å². The van der Waals surface area contributed by atoms with Crippen molar-refractivity contribution in [3.05, 3.63) is 69.4 Å². The van der Waals surface area contributed by atoms with Crippen LogP contribution in [-0.2, 0) is 6.54 Å². The van der Waals surface area contributed by atoms with Gasteiger partial charge in [-0.15, -0.1) is 11.3 Å². The third-order valence-corrected chi connectivity index (χ3v) is 4.20. The van der Waals surface area contributed by atoms with Crippen molar-refractivity contribution < 1.29 is 9.18 Å². The number of aromatic nitrogens is 2. The van der Waals surface area contributed by atoms with Gasteiger partial charge in [-0.25, -0.2) is 9.07 Å². The molecule has 2 heterocycles. The normalized spacial score (nSPS) is 10.6. The number of hydrogen-bond acceptors (Lipinski definition) is 3. The summed E-state index contributed by atoms with van der Waals surface area (Å²) in [6, 6.07) is 11.4. The Balaban J connectivity index is 1.70. The van der Waals surface area contributed by atoms with Crippen molar-refractivity contribution in [2.75, 3.05) is 0 Å². The second-order valence-electron chi connectivity index (χ2n) is 4.49. The molecule has 0 aliphatic heterocycles. The maximum absolute atomic E-state index is 13.7. The van der Waals surface area contributed by atoms with Gasteiger partial charge in [0.2, 0.25) is 0 Å². The van der Waals surface area contributed by atoms with E-state index in [2.05, 4.69) is 10.4 Å². The molecule has 112 valence electrons. The van der Waals surface area contributed by atoms with E-state index < -0.39 is 5.82 Å². The number of nitrogens with zero attached hydrogens (tertiary/aromatic N) is 2. The fourth-order valence-electron chi connectivity index (χ4n) is 1.92. The SMILES string of the molecule is O=C(NCc1ccc(Cl)s1)c1ccn(-c2ccccc2F)n1. The molecule has 4 nitrogen and oxygen atoms in total. The maximum Gasteiger partial charge on any atom is 0.272 e. The smallest absolute Gasteiger partial charge is 0.272 e. The first-order valence-corrected chi connectivity index (χ1v) is 7.66. The van der Waals surface area contributed by atoms with Gasteiger partial charge in [0.1, 0.15) is 11.5 Å². The summed E-state index contributed by atoms with van der Waals surface area (Å²) in [5.74, 6) is -0.717. The first-order valence-electron chi connectivity index (χ1n) is 6.46. The molecular weight excluding hydrogens is 325 g/mol. The van der Waals surface area contributed by atoms with Gasteiger partial charge in [0.25, 0.3) is 5.91 Å². The third-order valence-electron chi connectivity index (χ3n) is 2.97. The van der Waals surface area contributed by atoms with Gasteiger partial charge in [0, 0.05) is 11.1 Å². The van der Waals surface area contributed by atoms with Crippen molar-refractivity contribution >= 4 is 28.8 Å². The predicted molar refractivity (Wildman–Crippen MR) is 84.0 cm³/mol. The monoisotopic (exact) mass is 335 g/mol. The lowest BCUT2D eigenvalue weighted by molar-refractivity contribution is 0.0946. The van der Waals surface area contributed by atoms with Crippen molar-refractivity contribution in [2.45, 2.75) is 6.54 Å². The number of halogens is 2. The first-order chi connectivity index (χ1) is 10.6. The molecule has 1 N–H and O–H groups in total. The fraction of sp³-hybridized carbons (Fsp3) is 0.0667. The number of hydrogen-bond donors (Lipinski definition) is 1. The van der Waals surface area contributed by atoms with Crippen LogP contribution in [0.15, 0.2) is 48.7 Å². The topological polar surface area (TPSA) is 46.9 Å². The minimum Gasteiger partial charge on any atom is -0.346 e. The van der Waals surface area contributed by atoms with Crippen LogP contribution in [0.25, 0.3) is 5.69 Å². The Hall–Kier alpha value is -2.18. The van der Waals surface area contributed by atoms with E-state index in [0.717, 1.165) is 4.88 Å². The summed E-state index contributed by atoms with van der Waals surface area (Å²) >= 11 is 7.24. The highest BCUT2D eigenvalue weighted by molar-refractivity contribution is 7.16. The largest absolute Gasteiger partial charge is 0.346 e. The van der Waals surface area contributed by atoms with E-state index in [0.29, 0.717) is 16.6 Å². The average molecular weight is 336 g/mol. The highest BCUT2D eigenvalue weighted by Gasteiger charge is 2.12. The van der Waals surface area contributed by atoms with E-state index >= 15 is 0 Å². The van der Waals surface area contributed by atoms with Gasteiger partial charge in [-0.05, 0) is 30.3 Å². The van der Waals surface area contributed by atoms with Crippen molar-refractivity contribution in [2.24, 2.45) is 0 Å². The van der Waals surface area contributed by atoms with Crippen LogP contribution in [0.4, 0.5) is 4.39 Å². The van der Waals surface area contributed by atoms with Crippen LogP contribution in [0.5, 0.6) is 0 Å². The lowest BCUT2D eigenvalue weighted by Gasteiger charge is -2.03. The Kier molecular flexibility index (Phi) is 4.22. The lowest BCUT2D eigenvalue weighted by atomic mass is 10.3. The molecule has 0 aliphatic carbocycles. The standard InChI is InChI=1S/C15H11ClFN3OS/c16-14-6-5-10(22-14)9-18-15(21)12-7-8-20(19-12)13-4-2-1-3-11(13)17/h1-8H,9H2,(H,18,21). The molecule has 0 atom stereocenters. The highest BCUT2D eigenvalue weighted by Crippen LogP contribution is 2.21. The Morgan fingerprint density at radius 3 is 2.82 bits per heavy atom. The number of benzene rings is 1. The molecule has 22 heavy (non-hydrogen) atoms. The second kappa shape index (κ2) is 6.29. The number of para-hydroxylation sites is 1. The summed E-state index contributed by atoms with van der Waals surface area (Å²) < 4.78 is 15.7. The molecule has 3 aromatic rings. The quantitative estimate of drug-likeness (QED) is 0.791. The first kappa shape index (κ1) is 14.7. The Labute approximate surface area is 135 Å². The Bertz CT molecular complexity index is 814. The number of rotatable bonds is 4. The number of thiophene rings is 1. The molecule has 1 amide bonds. The van der Waals surface area contributed by atoms with Crippen LogP contribution in [0.3, 0.4) is 0 Å². The molecule has 7 heteroatoms. The van der Waals surface area contributed by atoms with Gasteiger partial charge >= 0.3 is 0 Å². The van der Waals surface area contributed by atoms with E-state index in [-0.39, 0.29) is 11.6 Å². The van der Waals surface area contributed by atoms with Crippen LogP contribution in [-0.4, -0.2) is 15.7 Å². The van der Waals surface area contributed by atoms with E-state index in [9.17, 15) is 9.18 Å². The minimum absolute atomic E-state index is 0.228. The summed E-state index contributed by atoms with van der Waals surface area (Å²) in [5.41, 5.74) is 0.525. The molecule has 0 unspecified atom stereocenters. The summed E-state index contributed by atoms with van der Waals surface area (Å²) in [6.45, 7) is 0.378. The molecule has 0 aliphatic rings. The molecule has 0 spiro atoms. The summed E-state index contributed by atoms with van der Waals surface area (Å²) in [7, 11) is 0. The number of carbonyl (C=O) groups excluding carboxylic acids is 1. The lowest BCUT2D eigenvalue weighted by Crippen LogP contribution is -2.23. The summed E-state index contributed by atoms with van der Waals surface area (Å²) in [5, 5.41) is 6.85. The zero-order chi connectivity index (χ0) is 15.5. The van der Waals surface area contributed by atoms with Crippen LogP contribution in [0, 0.1) is 5.82 Å². The molecule has 3 rings (SSSR count).